The summed E-state index contributed by atoms with van der Waals surface area (Å²) in [6.07, 6.45) is -3.13. The largest absolute Gasteiger partial charge is 0.416 e. The molecule has 2 aromatic rings. The van der Waals surface area contributed by atoms with E-state index in [4.69, 9.17) is 0 Å². The van der Waals surface area contributed by atoms with Gasteiger partial charge in [-0.1, -0.05) is 0 Å². The Morgan fingerprint density at radius 2 is 1.58 bits per heavy atom. The van der Waals surface area contributed by atoms with Gasteiger partial charge in [0, 0.05) is 23.0 Å². The fourth-order valence-corrected chi connectivity index (χ4v) is 2.05. The number of amides is 2. The zero-order valence-corrected chi connectivity index (χ0v) is 14.4. The second-order valence-electron chi connectivity index (χ2n) is 6.66. The van der Waals surface area contributed by atoms with Crippen molar-refractivity contribution in [2.45, 2.75) is 32.5 Å². The average Bonchev–Trinajstić information content (AvgIpc) is 2.53. The highest BCUT2D eigenvalue weighted by atomic mass is 19.4. The Kier molecular flexibility index (Phi) is 5.34. The normalized spacial score (nSPS) is 11.8. The Bertz CT molecular complexity index is 810. The van der Waals surface area contributed by atoms with Crippen molar-refractivity contribution in [1.29, 1.82) is 0 Å². The van der Waals surface area contributed by atoms with E-state index in [-0.39, 0.29) is 22.9 Å². The molecule has 0 spiro atoms. The van der Waals surface area contributed by atoms with E-state index in [2.05, 4.69) is 15.6 Å². The van der Waals surface area contributed by atoms with E-state index in [9.17, 15) is 22.8 Å². The molecule has 26 heavy (non-hydrogen) atoms. The van der Waals surface area contributed by atoms with E-state index < -0.39 is 23.2 Å². The van der Waals surface area contributed by atoms with Gasteiger partial charge < -0.3 is 10.6 Å². The van der Waals surface area contributed by atoms with Crippen LogP contribution in [-0.2, 0) is 6.18 Å². The topological polar surface area (TPSA) is 71.1 Å². The molecule has 0 saturated carbocycles. The van der Waals surface area contributed by atoms with Crippen molar-refractivity contribution in [2.24, 2.45) is 0 Å². The van der Waals surface area contributed by atoms with Gasteiger partial charge >= 0.3 is 6.18 Å². The molecule has 8 heteroatoms. The van der Waals surface area contributed by atoms with Crippen LogP contribution in [0.15, 0.2) is 42.6 Å². The Balaban J connectivity index is 2.13. The summed E-state index contributed by atoms with van der Waals surface area (Å²) in [4.78, 5) is 28.3. The molecule has 0 aliphatic heterocycles. The fourth-order valence-electron chi connectivity index (χ4n) is 2.05. The van der Waals surface area contributed by atoms with Gasteiger partial charge in [0.25, 0.3) is 11.8 Å². The number of halogens is 3. The molecule has 0 bridgehead atoms. The smallest absolute Gasteiger partial charge is 0.347 e. The molecule has 0 aliphatic carbocycles. The van der Waals surface area contributed by atoms with Gasteiger partial charge in [0.2, 0.25) is 0 Å². The molecule has 1 aromatic carbocycles. The van der Waals surface area contributed by atoms with Crippen molar-refractivity contribution >= 4 is 17.5 Å². The highest BCUT2D eigenvalue weighted by molar-refractivity contribution is 6.04. The average molecular weight is 365 g/mol. The molecule has 0 unspecified atom stereocenters. The maximum absolute atomic E-state index is 12.5. The molecule has 0 radical (unpaired) electrons. The van der Waals surface area contributed by atoms with Crippen LogP contribution in [0.3, 0.4) is 0 Å². The van der Waals surface area contributed by atoms with Crippen molar-refractivity contribution < 1.29 is 22.8 Å². The van der Waals surface area contributed by atoms with E-state index in [1.54, 1.807) is 0 Å². The third kappa shape index (κ3) is 5.30. The number of alkyl halides is 3. The lowest BCUT2D eigenvalue weighted by Crippen LogP contribution is -2.40. The maximum atomic E-state index is 12.5. The van der Waals surface area contributed by atoms with Crippen LogP contribution >= 0.6 is 0 Å². The molecule has 0 saturated heterocycles. The van der Waals surface area contributed by atoms with Gasteiger partial charge in [-0.25, -0.2) is 0 Å². The van der Waals surface area contributed by atoms with E-state index in [0.717, 1.165) is 24.3 Å². The zero-order chi connectivity index (χ0) is 19.5. The maximum Gasteiger partial charge on any atom is 0.416 e. The number of benzene rings is 1. The molecule has 0 atom stereocenters. The predicted molar refractivity (Wildman–Crippen MR) is 90.9 cm³/mol. The summed E-state index contributed by atoms with van der Waals surface area (Å²) in [5.41, 5.74) is -0.828. The lowest BCUT2D eigenvalue weighted by Gasteiger charge is -2.20. The third-order valence-corrected chi connectivity index (χ3v) is 3.21. The monoisotopic (exact) mass is 365 g/mol. The van der Waals surface area contributed by atoms with Crippen molar-refractivity contribution in [3.05, 3.63) is 59.4 Å². The molecule has 2 rings (SSSR count). The van der Waals surface area contributed by atoms with Crippen molar-refractivity contribution in [3.8, 4) is 0 Å². The SMILES string of the molecule is CC(C)(C)NC(=O)c1ccnc(C(=O)Nc2ccc(C(F)(F)F)cc2)c1. The van der Waals surface area contributed by atoms with Crippen LogP contribution in [-0.4, -0.2) is 22.3 Å². The first kappa shape index (κ1) is 19.4. The Morgan fingerprint density at radius 1 is 0.962 bits per heavy atom. The predicted octanol–water partition coefficient (Wildman–Crippen LogP) is 3.88. The first-order chi connectivity index (χ1) is 12.0. The molecule has 2 N–H and O–H groups in total. The number of hydrogen-bond acceptors (Lipinski definition) is 3. The molecule has 138 valence electrons. The Labute approximate surface area is 148 Å². The second kappa shape index (κ2) is 7.15. The summed E-state index contributed by atoms with van der Waals surface area (Å²) in [5.74, 6) is -0.987. The quantitative estimate of drug-likeness (QED) is 0.867. The van der Waals surface area contributed by atoms with Gasteiger partial charge in [-0.3, -0.25) is 14.6 Å². The first-order valence-electron chi connectivity index (χ1n) is 7.73. The minimum atomic E-state index is -4.45. The summed E-state index contributed by atoms with van der Waals surface area (Å²) >= 11 is 0. The highest BCUT2D eigenvalue weighted by Crippen LogP contribution is 2.29. The van der Waals surface area contributed by atoms with Gasteiger partial charge in [0.15, 0.2) is 0 Å². The van der Waals surface area contributed by atoms with Gasteiger partial charge in [-0.15, -0.1) is 0 Å². The minimum Gasteiger partial charge on any atom is -0.347 e. The number of nitrogens with one attached hydrogen (secondary N) is 2. The number of hydrogen-bond donors (Lipinski definition) is 2. The molecule has 2 amide bonds. The second-order valence-corrected chi connectivity index (χ2v) is 6.66. The summed E-state index contributed by atoms with van der Waals surface area (Å²) in [6.45, 7) is 5.47. The van der Waals surface area contributed by atoms with Crippen LogP contribution in [0.5, 0.6) is 0 Å². The molecule has 0 aliphatic rings. The van der Waals surface area contributed by atoms with Gasteiger partial charge in [0.1, 0.15) is 5.69 Å². The number of carbonyl (C=O) groups is 2. The summed E-state index contributed by atoms with van der Waals surface area (Å²) < 4.78 is 37.6. The minimum absolute atomic E-state index is 0.0218. The lowest BCUT2D eigenvalue weighted by molar-refractivity contribution is -0.137. The van der Waals surface area contributed by atoms with Gasteiger partial charge in [-0.2, -0.15) is 13.2 Å². The lowest BCUT2D eigenvalue weighted by atomic mass is 10.1. The third-order valence-electron chi connectivity index (χ3n) is 3.21. The van der Waals surface area contributed by atoms with E-state index in [0.29, 0.717) is 0 Å². The summed E-state index contributed by atoms with van der Waals surface area (Å²) in [5, 5.41) is 5.22. The summed E-state index contributed by atoms with van der Waals surface area (Å²) in [7, 11) is 0. The number of aromatic nitrogens is 1. The molecule has 1 aromatic heterocycles. The molecular weight excluding hydrogens is 347 g/mol. The fraction of sp³-hybridized carbons (Fsp3) is 0.278. The van der Waals surface area contributed by atoms with Crippen LogP contribution in [0, 0.1) is 0 Å². The summed E-state index contributed by atoms with van der Waals surface area (Å²) in [6, 6.07) is 6.83. The van der Waals surface area contributed by atoms with Crippen molar-refractivity contribution in [3.63, 3.8) is 0 Å². The van der Waals surface area contributed by atoms with Crippen LogP contribution < -0.4 is 10.6 Å². The molecule has 0 fully saturated rings. The Hall–Kier alpha value is -2.90. The number of anilines is 1. The number of carbonyl (C=O) groups excluding carboxylic acids is 2. The van der Waals surface area contributed by atoms with E-state index in [1.807, 2.05) is 20.8 Å². The highest BCUT2D eigenvalue weighted by Gasteiger charge is 2.30. The first-order valence-corrected chi connectivity index (χ1v) is 7.73. The molecule has 5 nitrogen and oxygen atoms in total. The van der Waals surface area contributed by atoms with Crippen molar-refractivity contribution in [1.82, 2.24) is 10.3 Å². The van der Waals surface area contributed by atoms with Crippen LogP contribution in [0.1, 0.15) is 47.2 Å². The zero-order valence-electron chi connectivity index (χ0n) is 14.4. The number of nitrogens with zero attached hydrogens (tertiary/aromatic N) is 1. The molecular formula is C18H18F3N3O2. The number of rotatable bonds is 3. The van der Waals surface area contributed by atoms with E-state index >= 15 is 0 Å². The van der Waals surface area contributed by atoms with Crippen LogP contribution in [0.2, 0.25) is 0 Å². The number of pyridine rings is 1. The standard InChI is InChI=1S/C18H18F3N3O2/c1-17(2,3)24-15(25)11-8-9-22-14(10-11)16(26)23-13-6-4-12(5-7-13)18(19,20)21/h4-10H,1-3H3,(H,23,26)(H,24,25). The Morgan fingerprint density at radius 3 is 2.12 bits per heavy atom. The molecule has 1 heterocycles. The van der Waals surface area contributed by atoms with Crippen LogP contribution in [0.25, 0.3) is 0 Å². The van der Waals surface area contributed by atoms with Gasteiger partial charge in [0.05, 0.1) is 5.56 Å². The van der Waals surface area contributed by atoms with Crippen LogP contribution in [0.4, 0.5) is 18.9 Å². The van der Waals surface area contributed by atoms with E-state index in [1.165, 1.54) is 18.3 Å². The van der Waals surface area contributed by atoms with Crippen molar-refractivity contribution in [2.75, 3.05) is 5.32 Å². The van der Waals surface area contributed by atoms with Gasteiger partial charge in [-0.05, 0) is 57.2 Å².